The minimum Gasteiger partial charge on any atom is -0.306 e. The molecule has 0 aliphatic heterocycles. The molecule has 0 aliphatic rings. The zero-order valence-corrected chi connectivity index (χ0v) is 16.0. The number of nitrogens with one attached hydrogen (secondary N) is 1. The van der Waals surface area contributed by atoms with Crippen molar-refractivity contribution in [2.45, 2.75) is 33.2 Å². The van der Waals surface area contributed by atoms with E-state index < -0.39 is 0 Å². The van der Waals surface area contributed by atoms with Gasteiger partial charge in [-0.25, -0.2) is 0 Å². The van der Waals surface area contributed by atoms with Gasteiger partial charge in [-0.05, 0) is 66.0 Å². The van der Waals surface area contributed by atoms with Crippen LogP contribution in [0.1, 0.15) is 41.0 Å². The van der Waals surface area contributed by atoms with Crippen LogP contribution in [0.2, 0.25) is 0 Å². The molecule has 0 bridgehead atoms. The van der Waals surface area contributed by atoms with Crippen LogP contribution >= 0.6 is 43.2 Å². The molecule has 108 valence electrons. The lowest BCUT2D eigenvalue weighted by Gasteiger charge is -2.21. The average molecular weight is 417 g/mol. The molecule has 2 rings (SSSR count). The summed E-state index contributed by atoms with van der Waals surface area (Å²) in [6, 6.07) is 9.03. The molecule has 1 aromatic carbocycles. The van der Waals surface area contributed by atoms with E-state index >= 15 is 0 Å². The molecule has 0 fully saturated rings. The third kappa shape index (κ3) is 3.73. The van der Waals surface area contributed by atoms with Gasteiger partial charge in [0, 0.05) is 9.35 Å². The molecule has 4 heteroatoms. The molecule has 1 heterocycles. The Labute approximate surface area is 142 Å². The SMILES string of the molecule is CCCNC(c1cc(C)ccc1Br)c1cc(Br)sc1C. The number of aryl methyl sites for hydroxylation is 2. The summed E-state index contributed by atoms with van der Waals surface area (Å²) in [5, 5.41) is 3.68. The summed E-state index contributed by atoms with van der Waals surface area (Å²) in [5.41, 5.74) is 3.96. The first kappa shape index (κ1) is 16.2. The van der Waals surface area contributed by atoms with Crippen molar-refractivity contribution >= 4 is 43.2 Å². The van der Waals surface area contributed by atoms with Gasteiger partial charge in [0.15, 0.2) is 0 Å². The lowest BCUT2D eigenvalue weighted by molar-refractivity contribution is 0.596. The first-order valence-electron chi connectivity index (χ1n) is 6.78. The molecule has 1 unspecified atom stereocenters. The smallest absolute Gasteiger partial charge is 0.0704 e. The highest BCUT2D eigenvalue weighted by Gasteiger charge is 2.20. The molecule has 0 saturated carbocycles. The van der Waals surface area contributed by atoms with Crippen LogP contribution in [0, 0.1) is 13.8 Å². The van der Waals surface area contributed by atoms with E-state index in [0.29, 0.717) is 0 Å². The van der Waals surface area contributed by atoms with E-state index in [1.807, 2.05) is 0 Å². The van der Waals surface area contributed by atoms with Crippen LogP contribution in [0.3, 0.4) is 0 Å². The van der Waals surface area contributed by atoms with Crippen molar-refractivity contribution in [3.63, 3.8) is 0 Å². The van der Waals surface area contributed by atoms with Gasteiger partial charge in [0.05, 0.1) is 9.83 Å². The Bertz CT molecular complexity index is 592. The fourth-order valence-corrected chi connectivity index (χ4v) is 4.53. The fourth-order valence-electron chi connectivity index (χ4n) is 2.31. The van der Waals surface area contributed by atoms with Gasteiger partial charge in [-0.3, -0.25) is 0 Å². The Hall–Kier alpha value is -0.160. The highest BCUT2D eigenvalue weighted by Crippen LogP contribution is 2.36. The van der Waals surface area contributed by atoms with Crippen molar-refractivity contribution in [2.24, 2.45) is 0 Å². The molecule has 0 aliphatic carbocycles. The molecule has 0 saturated heterocycles. The second-order valence-electron chi connectivity index (χ2n) is 4.97. The van der Waals surface area contributed by atoms with E-state index in [1.165, 1.54) is 29.8 Å². The maximum absolute atomic E-state index is 3.70. The molecule has 0 radical (unpaired) electrons. The summed E-state index contributed by atoms with van der Waals surface area (Å²) >= 11 is 9.10. The van der Waals surface area contributed by atoms with Gasteiger partial charge < -0.3 is 5.32 Å². The summed E-state index contributed by atoms with van der Waals surface area (Å²) in [5.74, 6) is 0. The lowest BCUT2D eigenvalue weighted by atomic mass is 9.98. The lowest BCUT2D eigenvalue weighted by Crippen LogP contribution is -2.23. The molecule has 1 N–H and O–H groups in total. The van der Waals surface area contributed by atoms with Gasteiger partial charge in [0.1, 0.15) is 0 Å². The summed E-state index contributed by atoms with van der Waals surface area (Å²) in [6.45, 7) is 7.54. The number of benzene rings is 1. The molecule has 0 amide bonds. The van der Waals surface area contributed by atoms with Crippen LogP contribution in [0.5, 0.6) is 0 Å². The summed E-state index contributed by atoms with van der Waals surface area (Å²) in [6.07, 6.45) is 1.13. The van der Waals surface area contributed by atoms with E-state index in [4.69, 9.17) is 0 Å². The highest BCUT2D eigenvalue weighted by molar-refractivity contribution is 9.11. The molecule has 1 atom stereocenters. The van der Waals surface area contributed by atoms with E-state index in [-0.39, 0.29) is 6.04 Å². The molecular formula is C16H19Br2NS. The summed E-state index contributed by atoms with van der Waals surface area (Å²) in [4.78, 5) is 1.36. The maximum Gasteiger partial charge on any atom is 0.0704 e. The first-order chi connectivity index (χ1) is 9.52. The summed E-state index contributed by atoms with van der Waals surface area (Å²) < 4.78 is 2.36. The predicted molar refractivity (Wildman–Crippen MR) is 95.8 cm³/mol. The number of rotatable bonds is 5. The van der Waals surface area contributed by atoms with Gasteiger partial charge in [0.25, 0.3) is 0 Å². The van der Waals surface area contributed by atoms with Crippen LogP contribution in [0.25, 0.3) is 0 Å². The minimum absolute atomic E-state index is 0.242. The van der Waals surface area contributed by atoms with Crippen molar-refractivity contribution in [2.75, 3.05) is 6.54 Å². The number of thiophene rings is 1. The normalized spacial score (nSPS) is 12.7. The molecule has 0 spiro atoms. The van der Waals surface area contributed by atoms with Crippen molar-refractivity contribution in [1.29, 1.82) is 0 Å². The molecule has 1 aromatic heterocycles. The molecule has 1 nitrogen and oxygen atoms in total. The van der Waals surface area contributed by atoms with Crippen LogP contribution < -0.4 is 5.32 Å². The fraction of sp³-hybridized carbons (Fsp3) is 0.375. The van der Waals surface area contributed by atoms with Gasteiger partial charge in [-0.15, -0.1) is 11.3 Å². The van der Waals surface area contributed by atoms with Crippen molar-refractivity contribution < 1.29 is 0 Å². The van der Waals surface area contributed by atoms with E-state index in [0.717, 1.165) is 13.0 Å². The summed E-state index contributed by atoms with van der Waals surface area (Å²) in [7, 11) is 0. The van der Waals surface area contributed by atoms with Crippen molar-refractivity contribution in [3.05, 3.63) is 54.1 Å². The third-order valence-electron chi connectivity index (χ3n) is 3.30. The van der Waals surface area contributed by atoms with Crippen LogP contribution in [0.4, 0.5) is 0 Å². The number of hydrogen-bond acceptors (Lipinski definition) is 2. The second kappa shape index (κ2) is 7.21. The van der Waals surface area contributed by atoms with Crippen molar-refractivity contribution in [3.8, 4) is 0 Å². The highest BCUT2D eigenvalue weighted by atomic mass is 79.9. The Balaban J connectivity index is 2.46. The minimum atomic E-state index is 0.242. The van der Waals surface area contributed by atoms with Crippen LogP contribution in [0.15, 0.2) is 32.5 Å². The average Bonchev–Trinajstić information content (AvgIpc) is 2.73. The maximum atomic E-state index is 3.70. The predicted octanol–water partition coefficient (Wildman–Crippen LogP) is 5.98. The van der Waals surface area contributed by atoms with E-state index in [1.54, 1.807) is 11.3 Å². The number of halogens is 2. The Morgan fingerprint density at radius 3 is 2.50 bits per heavy atom. The second-order valence-corrected chi connectivity index (χ2v) is 8.46. The quantitative estimate of drug-likeness (QED) is 0.632. The van der Waals surface area contributed by atoms with E-state index in [2.05, 4.69) is 82.2 Å². The van der Waals surface area contributed by atoms with Crippen LogP contribution in [-0.4, -0.2) is 6.54 Å². The first-order valence-corrected chi connectivity index (χ1v) is 9.18. The monoisotopic (exact) mass is 415 g/mol. The number of hydrogen-bond donors (Lipinski definition) is 1. The van der Waals surface area contributed by atoms with Crippen molar-refractivity contribution in [1.82, 2.24) is 5.32 Å². The third-order valence-corrected chi connectivity index (χ3v) is 5.59. The Kier molecular flexibility index (Phi) is 5.84. The molecule has 20 heavy (non-hydrogen) atoms. The van der Waals surface area contributed by atoms with E-state index in [9.17, 15) is 0 Å². The Morgan fingerprint density at radius 1 is 1.15 bits per heavy atom. The molecular weight excluding hydrogens is 398 g/mol. The van der Waals surface area contributed by atoms with Gasteiger partial charge in [0.2, 0.25) is 0 Å². The standard InChI is InChI=1S/C16H19Br2NS/c1-4-7-19-16(12-9-15(18)20-11(12)3)13-8-10(2)5-6-14(13)17/h5-6,8-9,16,19H,4,7H2,1-3H3. The topological polar surface area (TPSA) is 12.0 Å². The largest absolute Gasteiger partial charge is 0.306 e. The van der Waals surface area contributed by atoms with Gasteiger partial charge in [-0.2, -0.15) is 0 Å². The van der Waals surface area contributed by atoms with Gasteiger partial charge >= 0.3 is 0 Å². The van der Waals surface area contributed by atoms with Gasteiger partial charge in [-0.1, -0.05) is 40.5 Å². The zero-order valence-electron chi connectivity index (χ0n) is 12.0. The Morgan fingerprint density at radius 2 is 1.90 bits per heavy atom. The zero-order chi connectivity index (χ0) is 14.7. The van der Waals surface area contributed by atoms with Crippen LogP contribution in [-0.2, 0) is 0 Å². The molecule has 2 aromatic rings.